The lowest BCUT2D eigenvalue weighted by Gasteiger charge is -2.00. The Bertz CT molecular complexity index is 142. The fraction of sp³-hybridized carbons (Fsp3) is 0.667. The average molecular weight is 162 g/mol. The van der Waals surface area contributed by atoms with Gasteiger partial charge in [0.25, 0.3) is 0 Å². The van der Waals surface area contributed by atoms with Crippen LogP contribution in [0.4, 0.5) is 0 Å². The maximum absolute atomic E-state index is 10.5. The number of carboxylic acid groups (broad SMARTS) is 1. The third-order valence-electron chi connectivity index (χ3n) is 0.846. The molecule has 64 valence electrons. The van der Waals surface area contributed by atoms with Crippen molar-refractivity contribution < 1.29 is 24.2 Å². The quantitative estimate of drug-likeness (QED) is 0.340. The Morgan fingerprint density at radius 1 is 1.36 bits per heavy atom. The summed E-state index contributed by atoms with van der Waals surface area (Å²) in [4.78, 5) is 20.4. The largest absolute Gasteiger partial charge is 0.481 e. The molecule has 0 amide bonds. The van der Waals surface area contributed by atoms with Gasteiger partial charge in [0.1, 0.15) is 13.0 Å². The maximum Gasteiger partial charge on any atom is 0.317 e. The number of ether oxygens (including phenoxy) is 2. The molecule has 0 aromatic carbocycles. The Morgan fingerprint density at radius 2 is 2.00 bits per heavy atom. The predicted octanol–water partition coefficient (Wildman–Crippen LogP) is -0.349. The van der Waals surface area contributed by atoms with Crippen LogP contribution in [0.2, 0.25) is 0 Å². The standard InChI is InChI=1S/C6H10O5/c1-10-2-3-11-6(9)4-5(7)8/h2-4H2,1H3,(H,7,8). The average Bonchev–Trinajstić information content (AvgIpc) is 1.86. The number of carbonyl (C=O) groups excluding carboxylic acids is 1. The van der Waals surface area contributed by atoms with Crippen molar-refractivity contribution in [2.45, 2.75) is 6.42 Å². The summed E-state index contributed by atoms with van der Waals surface area (Å²) in [6, 6.07) is 0. The summed E-state index contributed by atoms with van der Waals surface area (Å²) in [6.07, 6.45) is -0.594. The minimum Gasteiger partial charge on any atom is -0.481 e. The molecular weight excluding hydrogens is 152 g/mol. The van der Waals surface area contributed by atoms with Gasteiger partial charge in [-0.05, 0) is 0 Å². The highest BCUT2D eigenvalue weighted by molar-refractivity contribution is 5.90. The Balaban J connectivity index is 3.30. The first kappa shape index (κ1) is 9.90. The number of aliphatic carboxylic acids is 1. The van der Waals surface area contributed by atoms with Crippen molar-refractivity contribution in [3.8, 4) is 0 Å². The van der Waals surface area contributed by atoms with Gasteiger partial charge in [0.2, 0.25) is 0 Å². The Labute approximate surface area is 63.9 Å². The molecule has 11 heavy (non-hydrogen) atoms. The van der Waals surface area contributed by atoms with Crippen LogP contribution >= 0.6 is 0 Å². The highest BCUT2D eigenvalue weighted by Gasteiger charge is 2.07. The molecule has 0 spiro atoms. The van der Waals surface area contributed by atoms with Crippen LogP contribution in [0.15, 0.2) is 0 Å². The van der Waals surface area contributed by atoms with Gasteiger partial charge < -0.3 is 14.6 Å². The summed E-state index contributed by atoms with van der Waals surface area (Å²) < 4.78 is 9.02. The van der Waals surface area contributed by atoms with E-state index in [9.17, 15) is 9.59 Å². The lowest BCUT2D eigenvalue weighted by molar-refractivity contribution is -0.152. The maximum atomic E-state index is 10.5. The number of carboxylic acids is 1. The van der Waals surface area contributed by atoms with Crippen molar-refractivity contribution in [1.82, 2.24) is 0 Å². The fourth-order valence-corrected chi connectivity index (χ4v) is 0.413. The monoisotopic (exact) mass is 162 g/mol. The van der Waals surface area contributed by atoms with Crippen LogP contribution in [0.25, 0.3) is 0 Å². The van der Waals surface area contributed by atoms with Crippen molar-refractivity contribution in [3.63, 3.8) is 0 Å². The fourth-order valence-electron chi connectivity index (χ4n) is 0.413. The molecule has 0 unspecified atom stereocenters. The predicted molar refractivity (Wildman–Crippen MR) is 35.1 cm³/mol. The molecule has 0 atom stereocenters. The Hall–Kier alpha value is -1.10. The third kappa shape index (κ3) is 6.79. The van der Waals surface area contributed by atoms with Gasteiger partial charge in [-0.15, -0.1) is 0 Å². The van der Waals surface area contributed by atoms with E-state index >= 15 is 0 Å². The molecule has 0 saturated carbocycles. The minimum absolute atomic E-state index is 0.0998. The number of methoxy groups -OCH3 is 1. The summed E-state index contributed by atoms with van der Waals surface area (Å²) in [5.41, 5.74) is 0. The van der Waals surface area contributed by atoms with E-state index in [1.54, 1.807) is 0 Å². The van der Waals surface area contributed by atoms with Crippen LogP contribution < -0.4 is 0 Å². The molecule has 0 radical (unpaired) electrons. The molecule has 5 nitrogen and oxygen atoms in total. The van der Waals surface area contributed by atoms with Gasteiger partial charge >= 0.3 is 11.9 Å². The summed E-state index contributed by atoms with van der Waals surface area (Å²) in [7, 11) is 1.46. The number of hydrogen-bond donors (Lipinski definition) is 1. The van der Waals surface area contributed by atoms with Gasteiger partial charge in [-0.2, -0.15) is 0 Å². The first-order valence-electron chi connectivity index (χ1n) is 3.03. The van der Waals surface area contributed by atoms with Crippen LogP contribution in [0.5, 0.6) is 0 Å². The normalized spacial score (nSPS) is 9.18. The number of rotatable bonds is 5. The summed E-state index contributed by atoms with van der Waals surface area (Å²) >= 11 is 0. The van der Waals surface area contributed by atoms with Crippen LogP contribution in [0, 0.1) is 0 Å². The molecule has 5 heteroatoms. The molecule has 0 bridgehead atoms. The van der Waals surface area contributed by atoms with Gasteiger partial charge in [-0.3, -0.25) is 9.59 Å². The molecule has 0 fully saturated rings. The van der Waals surface area contributed by atoms with Crippen molar-refractivity contribution in [2.24, 2.45) is 0 Å². The van der Waals surface area contributed by atoms with Crippen molar-refractivity contribution in [3.05, 3.63) is 0 Å². The second-order valence-electron chi connectivity index (χ2n) is 1.78. The van der Waals surface area contributed by atoms with E-state index in [-0.39, 0.29) is 13.2 Å². The zero-order valence-electron chi connectivity index (χ0n) is 6.20. The molecule has 0 rings (SSSR count). The molecule has 0 saturated heterocycles. The molecule has 0 aliphatic heterocycles. The summed E-state index contributed by atoms with van der Waals surface area (Å²) in [5, 5.41) is 8.11. The van der Waals surface area contributed by atoms with Gasteiger partial charge in [0.15, 0.2) is 0 Å². The third-order valence-corrected chi connectivity index (χ3v) is 0.846. The number of hydrogen-bond acceptors (Lipinski definition) is 4. The van der Waals surface area contributed by atoms with E-state index in [4.69, 9.17) is 5.11 Å². The van der Waals surface area contributed by atoms with E-state index in [0.29, 0.717) is 0 Å². The molecule has 0 heterocycles. The lowest BCUT2D eigenvalue weighted by Crippen LogP contribution is -2.13. The first-order chi connectivity index (χ1) is 5.16. The second-order valence-corrected chi connectivity index (χ2v) is 1.78. The van der Waals surface area contributed by atoms with Crippen LogP contribution in [0.3, 0.4) is 0 Å². The van der Waals surface area contributed by atoms with Gasteiger partial charge in [-0.25, -0.2) is 0 Å². The molecule has 0 aliphatic rings. The lowest BCUT2D eigenvalue weighted by atomic mass is 10.4. The molecule has 0 aromatic rings. The smallest absolute Gasteiger partial charge is 0.317 e. The first-order valence-corrected chi connectivity index (χ1v) is 3.03. The van der Waals surface area contributed by atoms with E-state index in [2.05, 4.69) is 9.47 Å². The van der Waals surface area contributed by atoms with E-state index < -0.39 is 18.4 Å². The highest BCUT2D eigenvalue weighted by Crippen LogP contribution is 1.85. The van der Waals surface area contributed by atoms with Crippen LogP contribution in [0.1, 0.15) is 6.42 Å². The molecule has 0 aromatic heterocycles. The summed E-state index contributed by atoms with van der Waals surface area (Å²) in [5.74, 6) is -1.93. The van der Waals surface area contributed by atoms with Crippen molar-refractivity contribution in [1.29, 1.82) is 0 Å². The Morgan fingerprint density at radius 3 is 2.45 bits per heavy atom. The highest BCUT2D eigenvalue weighted by atomic mass is 16.6. The van der Waals surface area contributed by atoms with E-state index in [1.807, 2.05) is 0 Å². The van der Waals surface area contributed by atoms with Crippen molar-refractivity contribution in [2.75, 3.05) is 20.3 Å². The van der Waals surface area contributed by atoms with Gasteiger partial charge in [0, 0.05) is 7.11 Å². The topological polar surface area (TPSA) is 72.8 Å². The number of carbonyl (C=O) groups is 2. The van der Waals surface area contributed by atoms with E-state index in [1.165, 1.54) is 7.11 Å². The minimum atomic E-state index is -1.19. The SMILES string of the molecule is COCCOC(=O)CC(=O)O. The van der Waals surface area contributed by atoms with Crippen molar-refractivity contribution >= 4 is 11.9 Å². The summed E-state index contributed by atoms with van der Waals surface area (Å²) in [6.45, 7) is 0.383. The second kappa shape index (κ2) is 5.67. The van der Waals surface area contributed by atoms with Gasteiger partial charge in [0.05, 0.1) is 6.61 Å². The van der Waals surface area contributed by atoms with Gasteiger partial charge in [-0.1, -0.05) is 0 Å². The number of esters is 1. The molecule has 0 aliphatic carbocycles. The van der Waals surface area contributed by atoms with Crippen LogP contribution in [-0.2, 0) is 19.1 Å². The zero-order chi connectivity index (χ0) is 8.69. The molecule has 1 N–H and O–H groups in total. The molecular formula is C6H10O5. The van der Waals surface area contributed by atoms with Crippen LogP contribution in [-0.4, -0.2) is 37.4 Å². The zero-order valence-corrected chi connectivity index (χ0v) is 6.20. The Kier molecular flexibility index (Phi) is 5.10. The van der Waals surface area contributed by atoms with E-state index in [0.717, 1.165) is 0 Å².